The molecule has 1 N–H and O–H groups in total. The average Bonchev–Trinajstić information content (AvgIpc) is 3.30. The number of para-hydroxylation sites is 1. The molecule has 8 heteroatoms. The van der Waals surface area contributed by atoms with Crippen LogP contribution in [-0.4, -0.2) is 15.6 Å². The van der Waals surface area contributed by atoms with Crippen molar-refractivity contribution in [2.75, 3.05) is 0 Å². The van der Waals surface area contributed by atoms with E-state index in [0.717, 1.165) is 22.0 Å². The summed E-state index contributed by atoms with van der Waals surface area (Å²) in [7, 11) is 0. The molecule has 0 bridgehead atoms. The van der Waals surface area contributed by atoms with Crippen molar-refractivity contribution in [3.05, 3.63) is 104 Å². The lowest BCUT2D eigenvalue weighted by atomic mass is 10.1. The fourth-order valence-corrected chi connectivity index (χ4v) is 5.12. The van der Waals surface area contributed by atoms with Crippen molar-refractivity contribution in [2.24, 2.45) is 4.99 Å². The molecule has 164 valence electrons. The van der Waals surface area contributed by atoms with Gasteiger partial charge in [-0.15, -0.1) is 0 Å². The molecule has 0 radical (unpaired) electrons. The van der Waals surface area contributed by atoms with E-state index in [9.17, 15) is 4.79 Å². The van der Waals surface area contributed by atoms with Gasteiger partial charge in [0.05, 0.1) is 10.6 Å². The van der Waals surface area contributed by atoms with Crippen LogP contribution in [0, 0.1) is 0 Å². The van der Waals surface area contributed by atoms with Gasteiger partial charge in [-0.25, -0.2) is 4.99 Å². The lowest BCUT2D eigenvalue weighted by Gasteiger charge is -2.08. The highest BCUT2D eigenvalue weighted by molar-refractivity contribution is 8.18. The van der Waals surface area contributed by atoms with E-state index in [2.05, 4.69) is 20.9 Å². The van der Waals surface area contributed by atoms with Gasteiger partial charge in [0.15, 0.2) is 5.17 Å². The number of benzene rings is 3. The summed E-state index contributed by atoms with van der Waals surface area (Å²) >= 11 is 19.8. The van der Waals surface area contributed by atoms with Crippen LogP contribution >= 0.6 is 46.6 Å². The highest BCUT2D eigenvalue weighted by Crippen LogP contribution is 2.32. The number of amides is 1. The fraction of sp³-hybridized carbons (Fsp3) is 0.0400. The zero-order valence-electron chi connectivity index (χ0n) is 17.1. The minimum absolute atomic E-state index is 0.182. The van der Waals surface area contributed by atoms with Gasteiger partial charge in [-0.1, -0.05) is 65.1 Å². The number of hydrogen-bond donors (Lipinski definition) is 1. The molecule has 1 amide bonds. The van der Waals surface area contributed by atoms with E-state index >= 15 is 0 Å². The van der Waals surface area contributed by atoms with Crippen LogP contribution in [0.25, 0.3) is 17.0 Å². The molecule has 4 nitrogen and oxygen atoms in total. The number of carbonyl (C=O) groups excluding carboxylic acids is 1. The van der Waals surface area contributed by atoms with Crippen molar-refractivity contribution in [1.82, 2.24) is 9.88 Å². The van der Waals surface area contributed by atoms with E-state index in [1.165, 1.54) is 11.8 Å². The summed E-state index contributed by atoms with van der Waals surface area (Å²) in [5.41, 5.74) is 3.64. The first-order valence-electron chi connectivity index (χ1n) is 10.0. The third kappa shape index (κ3) is 4.82. The zero-order chi connectivity index (χ0) is 22.9. The predicted octanol–water partition coefficient (Wildman–Crippen LogP) is 7.54. The second kappa shape index (κ2) is 9.27. The Morgan fingerprint density at radius 2 is 1.79 bits per heavy atom. The molecule has 3 aromatic carbocycles. The van der Waals surface area contributed by atoms with Crippen molar-refractivity contribution in [1.29, 1.82) is 0 Å². The topological polar surface area (TPSA) is 46.4 Å². The molecule has 4 aromatic rings. The Balaban J connectivity index is 1.48. The Morgan fingerprint density at radius 1 is 0.970 bits per heavy atom. The van der Waals surface area contributed by atoms with Gasteiger partial charge in [-0.05, 0) is 59.8 Å². The summed E-state index contributed by atoms with van der Waals surface area (Å²) in [5.74, 6) is -0.182. The van der Waals surface area contributed by atoms with Crippen LogP contribution in [0.15, 0.2) is 82.8 Å². The number of nitrogens with one attached hydrogen (secondary N) is 1. The van der Waals surface area contributed by atoms with E-state index in [1.807, 2.05) is 54.7 Å². The minimum atomic E-state index is -0.182. The van der Waals surface area contributed by atoms with Gasteiger partial charge in [-0.3, -0.25) is 4.79 Å². The molecular formula is C25H16Cl3N3OS. The van der Waals surface area contributed by atoms with Crippen LogP contribution in [0.1, 0.15) is 11.1 Å². The second-order valence-electron chi connectivity index (χ2n) is 7.43. The maximum atomic E-state index is 12.6. The predicted molar refractivity (Wildman–Crippen MR) is 140 cm³/mol. The summed E-state index contributed by atoms with van der Waals surface area (Å²) in [6, 6.07) is 20.8. The number of halogens is 3. The van der Waals surface area contributed by atoms with E-state index in [4.69, 9.17) is 34.8 Å². The number of rotatable bonds is 4. The normalized spacial score (nSPS) is 16.2. The van der Waals surface area contributed by atoms with Gasteiger partial charge < -0.3 is 9.88 Å². The number of aromatic nitrogens is 1. The highest BCUT2D eigenvalue weighted by atomic mass is 35.5. The average molecular weight is 513 g/mol. The Labute approximate surface area is 209 Å². The molecule has 1 aliphatic heterocycles. The van der Waals surface area contributed by atoms with Gasteiger partial charge in [0.2, 0.25) is 0 Å². The molecule has 1 saturated heterocycles. The Hall–Kier alpha value is -2.70. The van der Waals surface area contributed by atoms with Crippen LogP contribution in [0.3, 0.4) is 0 Å². The lowest BCUT2D eigenvalue weighted by molar-refractivity contribution is -0.115. The molecule has 0 spiro atoms. The molecule has 1 aromatic heterocycles. The number of hydrogen-bond acceptors (Lipinski definition) is 3. The third-order valence-electron chi connectivity index (χ3n) is 5.15. The summed E-state index contributed by atoms with van der Waals surface area (Å²) in [4.78, 5) is 17.7. The van der Waals surface area contributed by atoms with Crippen LogP contribution in [0.5, 0.6) is 0 Å². The summed E-state index contributed by atoms with van der Waals surface area (Å²) in [6.07, 6.45) is 3.92. The van der Waals surface area contributed by atoms with Crippen molar-refractivity contribution < 1.29 is 4.79 Å². The number of fused-ring (bicyclic) bond motifs is 1. The maximum Gasteiger partial charge on any atom is 0.264 e. The molecule has 0 saturated carbocycles. The first-order valence-corrected chi connectivity index (χ1v) is 12.0. The summed E-state index contributed by atoms with van der Waals surface area (Å²) < 4.78 is 2.12. The molecule has 1 fully saturated rings. The Kier molecular flexibility index (Phi) is 6.21. The first-order chi connectivity index (χ1) is 16.0. The van der Waals surface area contributed by atoms with E-state index in [1.54, 1.807) is 18.2 Å². The first kappa shape index (κ1) is 22.1. The SMILES string of the molecule is O=C1NC(=Nc2cccc(Cl)c2)S/C1=C\c1cn(Cc2ccc(Cl)cc2Cl)c2ccccc12. The van der Waals surface area contributed by atoms with Gasteiger partial charge in [0, 0.05) is 44.3 Å². The summed E-state index contributed by atoms with van der Waals surface area (Å²) in [6.45, 7) is 0.584. The molecule has 2 heterocycles. The molecule has 0 atom stereocenters. The zero-order valence-corrected chi connectivity index (χ0v) is 20.1. The quantitative estimate of drug-likeness (QED) is 0.287. The molecule has 33 heavy (non-hydrogen) atoms. The highest BCUT2D eigenvalue weighted by Gasteiger charge is 2.24. The number of carbonyl (C=O) groups is 1. The van der Waals surface area contributed by atoms with Crippen LogP contribution in [0.2, 0.25) is 15.1 Å². The van der Waals surface area contributed by atoms with Gasteiger partial charge >= 0.3 is 0 Å². The van der Waals surface area contributed by atoms with Gasteiger partial charge in [-0.2, -0.15) is 0 Å². The molecule has 0 unspecified atom stereocenters. The molecule has 1 aliphatic rings. The molecule has 0 aliphatic carbocycles. The van der Waals surface area contributed by atoms with Crippen molar-refractivity contribution in [3.8, 4) is 0 Å². The summed E-state index contributed by atoms with van der Waals surface area (Å²) in [5, 5.41) is 6.20. The van der Waals surface area contributed by atoms with Crippen LogP contribution in [0.4, 0.5) is 5.69 Å². The largest absolute Gasteiger partial charge is 0.342 e. The number of nitrogens with zero attached hydrogens (tertiary/aromatic N) is 2. The van der Waals surface area contributed by atoms with E-state index in [0.29, 0.717) is 37.4 Å². The van der Waals surface area contributed by atoms with Gasteiger partial charge in [0.1, 0.15) is 0 Å². The fourth-order valence-electron chi connectivity index (χ4n) is 3.64. The van der Waals surface area contributed by atoms with E-state index in [-0.39, 0.29) is 5.91 Å². The Bertz CT molecular complexity index is 1460. The van der Waals surface area contributed by atoms with E-state index < -0.39 is 0 Å². The monoisotopic (exact) mass is 511 g/mol. The molecular weight excluding hydrogens is 497 g/mol. The lowest BCUT2D eigenvalue weighted by Crippen LogP contribution is -2.19. The van der Waals surface area contributed by atoms with Crippen molar-refractivity contribution in [2.45, 2.75) is 6.54 Å². The van der Waals surface area contributed by atoms with Crippen molar-refractivity contribution >= 4 is 80.3 Å². The smallest absolute Gasteiger partial charge is 0.264 e. The standard InChI is InChI=1S/C25H16Cl3N3OS/c26-17-4-3-5-19(11-17)29-25-30-24(32)23(33-25)10-16-14-31(22-7-2-1-6-20(16)22)13-15-8-9-18(27)12-21(15)28/h1-12,14H,13H2,(H,29,30,32)/b23-10-. The van der Waals surface area contributed by atoms with Crippen LogP contribution in [-0.2, 0) is 11.3 Å². The third-order valence-corrected chi connectivity index (χ3v) is 6.88. The van der Waals surface area contributed by atoms with Crippen LogP contribution < -0.4 is 5.32 Å². The number of aliphatic imine (C=N–C) groups is 1. The maximum absolute atomic E-state index is 12.6. The minimum Gasteiger partial charge on any atom is -0.342 e. The Morgan fingerprint density at radius 3 is 2.61 bits per heavy atom. The number of thioether (sulfide) groups is 1. The second-order valence-corrected chi connectivity index (χ2v) is 9.74. The van der Waals surface area contributed by atoms with Crippen molar-refractivity contribution in [3.63, 3.8) is 0 Å². The molecule has 5 rings (SSSR count). The van der Waals surface area contributed by atoms with Gasteiger partial charge in [0.25, 0.3) is 5.91 Å². The number of amidine groups is 1.